The van der Waals surface area contributed by atoms with Gasteiger partial charge >= 0.3 is 5.97 Å². The Labute approximate surface area is 102 Å². The van der Waals surface area contributed by atoms with Crippen LogP contribution < -0.4 is 5.56 Å². The van der Waals surface area contributed by atoms with Crippen molar-refractivity contribution in [2.24, 2.45) is 0 Å². The molecule has 6 nitrogen and oxygen atoms in total. The van der Waals surface area contributed by atoms with Gasteiger partial charge in [0.15, 0.2) is 5.69 Å². The third-order valence-corrected chi connectivity index (χ3v) is 2.58. The number of hydrogen-bond acceptors (Lipinski definition) is 4. The Kier molecular flexibility index (Phi) is 2.81. The Bertz CT molecular complexity index is 727. The molecule has 2 aromatic rings. The normalized spacial score (nSPS) is 12.0. The van der Waals surface area contributed by atoms with E-state index in [1.165, 1.54) is 19.1 Å². The van der Waals surface area contributed by atoms with Crippen molar-refractivity contribution in [3.8, 4) is 6.07 Å². The van der Waals surface area contributed by atoms with Gasteiger partial charge in [-0.05, 0) is 13.0 Å². The fourth-order valence-electron chi connectivity index (χ4n) is 1.68. The summed E-state index contributed by atoms with van der Waals surface area (Å²) in [5.74, 6) is -1.23. The number of fused-ring (bicyclic) bond motifs is 1. The lowest BCUT2D eigenvalue weighted by Gasteiger charge is -2.09. The Morgan fingerprint density at radius 2 is 2.06 bits per heavy atom. The quantitative estimate of drug-likeness (QED) is 0.854. The molecule has 1 heterocycles. The van der Waals surface area contributed by atoms with E-state index in [4.69, 9.17) is 10.4 Å². The molecule has 1 aromatic carbocycles. The highest BCUT2D eigenvalue weighted by molar-refractivity contribution is 6.01. The van der Waals surface area contributed by atoms with Gasteiger partial charge in [0.05, 0.1) is 11.5 Å². The second kappa shape index (κ2) is 4.30. The van der Waals surface area contributed by atoms with Gasteiger partial charge < -0.3 is 5.11 Å². The van der Waals surface area contributed by atoms with Crippen molar-refractivity contribution in [2.75, 3.05) is 0 Å². The van der Waals surface area contributed by atoms with Crippen molar-refractivity contribution >= 4 is 16.7 Å². The first kappa shape index (κ1) is 11.8. The zero-order valence-corrected chi connectivity index (χ0v) is 9.49. The van der Waals surface area contributed by atoms with Gasteiger partial charge in [0, 0.05) is 5.39 Å². The molecule has 6 heteroatoms. The zero-order valence-electron chi connectivity index (χ0n) is 9.49. The van der Waals surface area contributed by atoms with E-state index in [1.807, 2.05) is 6.07 Å². The number of benzene rings is 1. The minimum absolute atomic E-state index is 0.229. The summed E-state index contributed by atoms with van der Waals surface area (Å²) < 4.78 is 0.895. The average molecular weight is 243 g/mol. The Morgan fingerprint density at radius 1 is 1.44 bits per heavy atom. The number of aromatic nitrogens is 2. The van der Waals surface area contributed by atoms with Crippen LogP contribution in [-0.4, -0.2) is 20.9 Å². The van der Waals surface area contributed by atoms with E-state index in [9.17, 15) is 9.59 Å². The molecule has 18 heavy (non-hydrogen) atoms. The van der Waals surface area contributed by atoms with Crippen molar-refractivity contribution in [3.05, 3.63) is 40.3 Å². The maximum atomic E-state index is 12.1. The van der Waals surface area contributed by atoms with Crippen molar-refractivity contribution in [3.63, 3.8) is 0 Å². The maximum absolute atomic E-state index is 12.1. The molecule has 0 aliphatic carbocycles. The number of nitrogens with zero attached hydrogens (tertiary/aromatic N) is 3. The van der Waals surface area contributed by atoms with Crippen LogP contribution in [0.25, 0.3) is 10.8 Å². The molecule has 0 saturated heterocycles. The van der Waals surface area contributed by atoms with Crippen molar-refractivity contribution in [1.82, 2.24) is 9.78 Å². The molecule has 2 rings (SSSR count). The number of carbonyl (C=O) groups is 1. The summed E-state index contributed by atoms with van der Waals surface area (Å²) in [4.78, 5) is 23.2. The van der Waals surface area contributed by atoms with Gasteiger partial charge in [0.2, 0.25) is 0 Å². The van der Waals surface area contributed by atoms with E-state index < -0.39 is 17.6 Å². The van der Waals surface area contributed by atoms with E-state index in [0.29, 0.717) is 0 Å². The summed E-state index contributed by atoms with van der Waals surface area (Å²) >= 11 is 0. The number of hydrogen-bond donors (Lipinski definition) is 1. The molecule has 1 atom stereocenters. The van der Waals surface area contributed by atoms with Crippen molar-refractivity contribution < 1.29 is 9.90 Å². The number of rotatable bonds is 2. The van der Waals surface area contributed by atoms with Gasteiger partial charge in [-0.1, -0.05) is 18.2 Å². The molecule has 0 aliphatic rings. The SMILES string of the molecule is C[C@H](C#N)n1nc(C(=O)O)c2ccccc2c1=O. The van der Waals surface area contributed by atoms with Crippen LogP contribution in [0.1, 0.15) is 23.5 Å². The number of carboxylic acid groups (broad SMARTS) is 1. The molecule has 1 N–H and O–H groups in total. The molecule has 0 saturated carbocycles. The molecular formula is C12H9N3O3. The highest BCUT2D eigenvalue weighted by Crippen LogP contribution is 2.14. The molecule has 0 unspecified atom stereocenters. The smallest absolute Gasteiger partial charge is 0.357 e. The summed E-state index contributed by atoms with van der Waals surface area (Å²) in [5, 5.41) is 22.2. The second-order valence-corrected chi connectivity index (χ2v) is 3.75. The van der Waals surface area contributed by atoms with Crippen molar-refractivity contribution in [2.45, 2.75) is 13.0 Å². The molecule has 0 spiro atoms. The molecule has 0 bridgehead atoms. The molecule has 0 fully saturated rings. The monoisotopic (exact) mass is 243 g/mol. The Hall–Kier alpha value is -2.68. The highest BCUT2D eigenvalue weighted by atomic mass is 16.4. The number of nitriles is 1. The van der Waals surface area contributed by atoms with Crippen LogP contribution in [0, 0.1) is 11.3 Å². The predicted molar refractivity (Wildman–Crippen MR) is 63.3 cm³/mol. The number of carboxylic acids is 1. The molecule has 90 valence electrons. The Morgan fingerprint density at radius 3 is 2.61 bits per heavy atom. The fraction of sp³-hybridized carbons (Fsp3) is 0.167. The van der Waals surface area contributed by atoms with Crippen molar-refractivity contribution in [1.29, 1.82) is 5.26 Å². The van der Waals surface area contributed by atoms with Crippen LogP contribution in [-0.2, 0) is 0 Å². The van der Waals surface area contributed by atoms with E-state index >= 15 is 0 Å². The van der Waals surface area contributed by atoms with Crippen LogP contribution in [0.2, 0.25) is 0 Å². The fourth-order valence-corrected chi connectivity index (χ4v) is 1.68. The summed E-state index contributed by atoms with van der Waals surface area (Å²) in [7, 11) is 0. The molecule has 0 radical (unpaired) electrons. The number of aromatic carboxylic acids is 1. The standard InChI is InChI=1S/C12H9N3O3/c1-7(6-13)15-11(16)9-5-3-2-4-8(9)10(14-15)12(17)18/h2-5,7H,1H3,(H,17,18)/t7-/m1/s1. The van der Waals surface area contributed by atoms with E-state index in [2.05, 4.69) is 5.10 Å². The van der Waals surface area contributed by atoms with Gasteiger partial charge in [-0.25, -0.2) is 9.48 Å². The van der Waals surface area contributed by atoms with Gasteiger partial charge in [0.25, 0.3) is 5.56 Å². The summed E-state index contributed by atoms with van der Waals surface area (Å²) in [5.41, 5.74) is -0.697. The minimum atomic E-state index is -1.23. The molecular weight excluding hydrogens is 234 g/mol. The van der Waals surface area contributed by atoms with Crippen LogP contribution in [0.3, 0.4) is 0 Å². The van der Waals surface area contributed by atoms with Gasteiger partial charge in [-0.2, -0.15) is 10.4 Å². The van der Waals surface area contributed by atoms with Crippen LogP contribution in [0.5, 0.6) is 0 Å². The summed E-state index contributed by atoms with van der Waals surface area (Å²) in [6.45, 7) is 1.48. The lowest BCUT2D eigenvalue weighted by Crippen LogP contribution is -2.28. The first-order chi connectivity index (χ1) is 8.56. The second-order valence-electron chi connectivity index (χ2n) is 3.75. The molecule has 0 aliphatic heterocycles. The topological polar surface area (TPSA) is 96.0 Å². The zero-order chi connectivity index (χ0) is 13.3. The van der Waals surface area contributed by atoms with Gasteiger partial charge in [0.1, 0.15) is 6.04 Å². The minimum Gasteiger partial charge on any atom is -0.476 e. The van der Waals surface area contributed by atoms with E-state index in [1.54, 1.807) is 12.1 Å². The third-order valence-electron chi connectivity index (χ3n) is 2.58. The Balaban J connectivity index is 2.93. The van der Waals surface area contributed by atoms with Gasteiger partial charge in [-0.15, -0.1) is 0 Å². The van der Waals surface area contributed by atoms with Crippen LogP contribution in [0.4, 0.5) is 0 Å². The average Bonchev–Trinajstić information content (AvgIpc) is 2.38. The van der Waals surface area contributed by atoms with Gasteiger partial charge in [-0.3, -0.25) is 4.79 Å². The van der Waals surface area contributed by atoms with E-state index in [-0.39, 0.29) is 16.5 Å². The first-order valence-electron chi connectivity index (χ1n) is 5.20. The largest absolute Gasteiger partial charge is 0.476 e. The molecule has 1 aromatic heterocycles. The first-order valence-corrected chi connectivity index (χ1v) is 5.20. The summed E-state index contributed by atoms with van der Waals surface area (Å²) in [6.07, 6.45) is 0. The highest BCUT2D eigenvalue weighted by Gasteiger charge is 2.17. The lowest BCUT2D eigenvalue weighted by atomic mass is 10.1. The third kappa shape index (κ3) is 1.72. The van der Waals surface area contributed by atoms with E-state index in [0.717, 1.165) is 4.68 Å². The molecule has 0 amide bonds. The predicted octanol–water partition coefficient (Wildman–Crippen LogP) is 1.18. The lowest BCUT2D eigenvalue weighted by molar-refractivity contribution is 0.0690. The maximum Gasteiger partial charge on any atom is 0.357 e. The van der Waals surface area contributed by atoms with Crippen LogP contribution >= 0.6 is 0 Å². The summed E-state index contributed by atoms with van der Waals surface area (Å²) in [6, 6.07) is 7.35. The van der Waals surface area contributed by atoms with Crippen LogP contribution in [0.15, 0.2) is 29.1 Å².